The van der Waals surface area contributed by atoms with Gasteiger partial charge in [-0.15, -0.1) is 0 Å². The van der Waals surface area contributed by atoms with Crippen LogP contribution in [-0.4, -0.2) is 70.5 Å². The first-order chi connectivity index (χ1) is 18.2. The molecule has 2 heterocycles. The number of rotatable bonds is 9. The second-order valence-electron chi connectivity index (χ2n) is 10.9. The van der Waals surface area contributed by atoms with E-state index < -0.39 is 43.0 Å². The zero-order chi connectivity index (χ0) is 30.1. The summed E-state index contributed by atoms with van der Waals surface area (Å²) in [6.45, 7) is 5.04. The van der Waals surface area contributed by atoms with E-state index in [0.29, 0.717) is 12.8 Å². The smallest absolute Gasteiger partial charge is 0.422 e. The van der Waals surface area contributed by atoms with Crippen molar-refractivity contribution >= 4 is 23.4 Å². The zero-order valence-corrected chi connectivity index (χ0v) is 22.6. The molecule has 1 amide bonds. The van der Waals surface area contributed by atoms with Crippen LogP contribution in [0.1, 0.15) is 50.9 Å². The average Bonchev–Trinajstić information content (AvgIpc) is 2.78. The molecular formula is C25H32F6N6O3. The lowest BCUT2D eigenvalue weighted by molar-refractivity contribution is -0.153. The highest BCUT2D eigenvalue weighted by Crippen LogP contribution is 2.38. The van der Waals surface area contributed by atoms with Crippen molar-refractivity contribution in [2.24, 2.45) is 5.73 Å². The number of nitrogens with zero attached hydrogens (tertiary/aromatic N) is 3. The van der Waals surface area contributed by atoms with Crippen LogP contribution in [0.15, 0.2) is 24.4 Å². The third kappa shape index (κ3) is 8.50. The Labute approximate surface area is 227 Å². The molecule has 222 valence electrons. The maximum absolute atomic E-state index is 12.7. The molecule has 0 atom stereocenters. The van der Waals surface area contributed by atoms with Gasteiger partial charge in [0, 0.05) is 47.2 Å². The molecule has 2 aromatic rings. The molecule has 9 nitrogen and oxygen atoms in total. The number of primary amides is 1. The predicted octanol–water partition coefficient (Wildman–Crippen LogP) is 5.26. The first kappa shape index (κ1) is 31.0. The molecule has 0 spiro atoms. The molecule has 0 aliphatic carbocycles. The number of piperidine rings is 1. The molecule has 0 bridgehead atoms. The molecule has 1 fully saturated rings. The molecule has 15 heteroatoms. The number of aromatic nitrogens is 2. The quantitative estimate of drug-likeness (QED) is 0.345. The molecular weight excluding hydrogens is 546 g/mol. The van der Waals surface area contributed by atoms with Gasteiger partial charge in [0.25, 0.3) is 5.91 Å². The van der Waals surface area contributed by atoms with E-state index in [9.17, 15) is 31.1 Å². The number of ether oxygens (including phenoxy) is 2. The Morgan fingerprint density at radius 1 is 1.00 bits per heavy atom. The SMILES string of the molecule is CN1C(C)(C)CC(Nc2nc(Nc3cc(OCC(F)(F)F)cc(OCC(F)(F)F)c3)ncc2C(N)=O)CC1(C)C. The lowest BCUT2D eigenvalue weighted by Crippen LogP contribution is -2.61. The molecule has 1 aliphatic rings. The first-order valence-electron chi connectivity index (χ1n) is 12.2. The van der Waals surface area contributed by atoms with Crippen molar-refractivity contribution in [3.05, 3.63) is 30.0 Å². The number of benzene rings is 1. The van der Waals surface area contributed by atoms with Crippen molar-refractivity contribution in [2.75, 3.05) is 30.9 Å². The van der Waals surface area contributed by atoms with E-state index >= 15 is 0 Å². The fourth-order valence-corrected chi connectivity index (χ4v) is 4.67. The van der Waals surface area contributed by atoms with Crippen molar-refractivity contribution in [1.29, 1.82) is 0 Å². The van der Waals surface area contributed by atoms with Crippen LogP contribution in [0.25, 0.3) is 0 Å². The number of likely N-dealkylation sites (tertiary alicyclic amines) is 1. The molecule has 1 aromatic heterocycles. The van der Waals surface area contributed by atoms with Crippen molar-refractivity contribution in [1.82, 2.24) is 14.9 Å². The monoisotopic (exact) mass is 578 g/mol. The van der Waals surface area contributed by atoms with Gasteiger partial charge in [-0.25, -0.2) is 4.98 Å². The van der Waals surface area contributed by atoms with Crippen molar-refractivity contribution < 1.29 is 40.6 Å². The van der Waals surface area contributed by atoms with E-state index in [1.807, 2.05) is 7.05 Å². The summed E-state index contributed by atoms with van der Waals surface area (Å²) in [6, 6.07) is 3.03. The summed E-state index contributed by atoms with van der Waals surface area (Å²) in [7, 11) is 2.04. The van der Waals surface area contributed by atoms with Gasteiger partial charge >= 0.3 is 12.4 Å². The van der Waals surface area contributed by atoms with Crippen LogP contribution < -0.4 is 25.8 Å². The van der Waals surface area contributed by atoms with Gasteiger partial charge in [0.2, 0.25) is 5.95 Å². The fourth-order valence-electron chi connectivity index (χ4n) is 4.67. The Morgan fingerprint density at radius 2 is 1.50 bits per heavy atom. The van der Waals surface area contributed by atoms with Gasteiger partial charge in [-0.05, 0) is 47.6 Å². The molecule has 1 saturated heterocycles. The third-order valence-corrected chi connectivity index (χ3v) is 6.64. The first-order valence-corrected chi connectivity index (χ1v) is 12.2. The number of amides is 1. The van der Waals surface area contributed by atoms with Crippen LogP contribution in [0, 0.1) is 0 Å². The summed E-state index contributed by atoms with van der Waals surface area (Å²) in [5, 5.41) is 5.98. The fraction of sp³-hybridized carbons (Fsp3) is 0.560. The third-order valence-electron chi connectivity index (χ3n) is 6.64. The molecule has 1 aromatic carbocycles. The minimum atomic E-state index is -4.68. The normalized spacial score (nSPS) is 17.8. The molecule has 0 saturated carbocycles. The van der Waals surface area contributed by atoms with Crippen molar-refractivity contribution in [3.63, 3.8) is 0 Å². The zero-order valence-electron chi connectivity index (χ0n) is 22.6. The Kier molecular flexibility index (Phi) is 8.67. The van der Waals surface area contributed by atoms with Crippen LogP contribution in [0.5, 0.6) is 11.5 Å². The molecule has 40 heavy (non-hydrogen) atoms. The number of hydrogen-bond acceptors (Lipinski definition) is 8. The van der Waals surface area contributed by atoms with E-state index in [1.54, 1.807) is 0 Å². The Hall–Kier alpha value is -3.49. The summed E-state index contributed by atoms with van der Waals surface area (Å²) >= 11 is 0. The summed E-state index contributed by atoms with van der Waals surface area (Å²) in [6.07, 6.45) is -6.77. The van der Waals surface area contributed by atoms with Crippen molar-refractivity contribution in [3.8, 4) is 11.5 Å². The van der Waals surface area contributed by atoms with Gasteiger partial charge in [0.05, 0.1) is 5.56 Å². The van der Waals surface area contributed by atoms with Crippen molar-refractivity contribution in [2.45, 2.75) is 70.0 Å². The summed E-state index contributed by atoms with van der Waals surface area (Å²) in [5.74, 6) is -1.56. The number of carbonyl (C=O) groups excluding carboxylic acids is 1. The second kappa shape index (κ2) is 11.2. The van der Waals surface area contributed by atoms with Crippen LogP contribution >= 0.6 is 0 Å². The van der Waals surface area contributed by atoms with E-state index in [1.165, 1.54) is 6.20 Å². The maximum atomic E-state index is 12.7. The van der Waals surface area contributed by atoms with Gasteiger partial charge < -0.3 is 25.8 Å². The summed E-state index contributed by atoms with van der Waals surface area (Å²) in [4.78, 5) is 22.7. The number of anilines is 3. The van der Waals surface area contributed by atoms with Crippen LogP contribution in [-0.2, 0) is 0 Å². The lowest BCUT2D eigenvalue weighted by Gasteiger charge is -2.53. The second-order valence-corrected chi connectivity index (χ2v) is 10.9. The van der Waals surface area contributed by atoms with E-state index in [2.05, 4.69) is 53.2 Å². The molecule has 3 rings (SSSR count). The van der Waals surface area contributed by atoms with Crippen LogP contribution in [0.3, 0.4) is 0 Å². The van der Waals surface area contributed by atoms with E-state index in [0.717, 1.165) is 18.2 Å². The molecule has 0 unspecified atom stereocenters. The number of carbonyl (C=O) groups is 1. The van der Waals surface area contributed by atoms with E-state index in [4.69, 9.17) is 15.2 Å². The molecule has 4 N–H and O–H groups in total. The van der Waals surface area contributed by atoms with Gasteiger partial charge in [0.1, 0.15) is 17.3 Å². The number of nitrogens with two attached hydrogens (primary N) is 1. The number of alkyl halides is 6. The Bertz CT molecular complexity index is 1160. The number of nitrogens with one attached hydrogen (secondary N) is 2. The Morgan fingerprint density at radius 3 is 1.95 bits per heavy atom. The van der Waals surface area contributed by atoms with Crippen LogP contribution in [0.2, 0.25) is 0 Å². The minimum Gasteiger partial charge on any atom is -0.484 e. The predicted molar refractivity (Wildman–Crippen MR) is 136 cm³/mol. The van der Waals surface area contributed by atoms with Gasteiger partial charge in [0.15, 0.2) is 13.2 Å². The Balaban J connectivity index is 1.90. The lowest BCUT2D eigenvalue weighted by atomic mass is 9.77. The standard InChI is InChI=1S/C25H32F6N6O3/c1-22(2)9-15(10-23(3,4)37(22)5)34-20-18(19(32)38)11-33-21(36-20)35-14-6-16(39-12-24(26,27)28)8-17(7-14)40-13-25(29,30)31/h6-8,11,15H,9-10,12-13H2,1-5H3,(H2,32,38)(H2,33,34,35,36). The highest BCUT2D eigenvalue weighted by molar-refractivity contribution is 5.97. The number of halogens is 6. The molecule has 0 radical (unpaired) electrons. The number of hydrogen-bond donors (Lipinski definition) is 3. The molecule has 1 aliphatic heterocycles. The highest BCUT2D eigenvalue weighted by atomic mass is 19.4. The van der Waals surface area contributed by atoms with Gasteiger partial charge in [-0.2, -0.15) is 31.3 Å². The maximum Gasteiger partial charge on any atom is 0.422 e. The van der Waals surface area contributed by atoms with Crippen LogP contribution in [0.4, 0.5) is 43.8 Å². The topological polar surface area (TPSA) is 115 Å². The average molecular weight is 579 g/mol. The van der Waals surface area contributed by atoms with Gasteiger partial charge in [-0.3, -0.25) is 9.69 Å². The largest absolute Gasteiger partial charge is 0.484 e. The summed E-state index contributed by atoms with van der Waals surface area (Å²) in [5.41, 5.74) is 5.14. The van der Waals surface area contributed by atoms with E-state index in [-0.39, 0.29) is 40.1 Å². The highest BCUT2D eigenvalue weighted by Gasteiger charge is 2.43. The summed E-state index contributed by atoms with van der Waals surface area (Å²) < 4.78 is 85.4. The van der Waals surface area contributed by atoms with Gasteiger partial charge in [-0.1, -0.05) is 0 Å². The minimum absolute atomic E-state index is 0.0107.